The van der Waals surface area contributed by atoms with E-state index in [1.54, 1.807) is 13.2 Å². The molecular weight excluding hydrogens is 352 g/mol. The van der Waals surface area contributed by atoms with Crippen molar-refractivity contribution in [3.63, 3.8) is 0 Å². The number of carbonyl (C=O) groups is 2. The molecule has 5 heteroatoms. The molecule has 1 N–H and O–H groups in total. The molecule has 3 rings (SSSR count). The lowest BCUT2D eigenvalue weighted by Crippen LogP contribution is -2.37. The maximum absolute atomic E-state index is 13.0. The zero-order chi connectivity index (χ0) is 19.9. The minimum Gasteiger partial charge on any atom is -0.385 e. The fourth-order valence-corrected chi connectivity index (χ4v) is 3.68. The summed E-state index contributed by atoms with van der Waals surface area (Å²) in [6.07, 6.45) is 3.40. The van der Waals surface area contributed by atoms with E-state index in [9.17, 15) is 9.59 Å². The van der Waals surface area contributed by atoms with Gasteiger partial charge in [-0.15, -0.1) is 0 Å². The highest BCUT2D eigenvalue weighted by molar-refractivity contribution is 5.99. The first-order valence-electron chi connectivity index (χ1n) is 9.53. The molecule has 1 atom stereocenters. The third-order valence-corrected chi connectivity index (χ3v) is 5.08. The maximum Gasteiger partial charge on any atom is 0.247 e. The number of benzene rings is 2. The maximum atomic E-state index is 13.0. The number of hydrogen-bond donors (Lipinski definition) is 1. The van der Waals surface area contributed by atoms with Gasteiger partial charge in [-0.05, 0) is 54.2 Å². The van der Waals surface area contributed by atoms with Gasteiger partial charge in [0.1, 0.15) is 0 Å². The molecule has 1 heterocycles. The molecule has 5 nitrogen and oxygen atoms in total. The summed E-state index contributed by atoms with van der Waals surface area (Å²) in [6, 6.07) is 15.5. The standard InChI is InChI=1S/C23H26N2O3/c1-3-22(26)24-19-8-6-7-17(15-19)16-23(27)25-13-11-18(12-14-28-2)20-9-4-5-10-21(20)25/h3-10,15,18H,1,11-14,16H2,2H3,(H,24,26). The summed E-state index contributed by atoms with van der Waals surface area (Å²) < 4.78 is 5.24. The smallest absolute Gasteiger partial charge is 0.247 e. The number of ether oxygens (including phenoxy) is 1. The molecule has 28 heavy (non-hydrogen) atoms. The zero-order valence-corrected chi connectivity index (χ0v) is 16.2. The van der Waals surface area contributed by atoms with Crippen LogP contribution in [0.3, 0.4) is 0 Å². The van der Waals surface area contributed by atoms with Crippen LogP contribution in [0.4, 0.5) is 11.4 Å². The Hall–Kier alpha value is -2.92. The summed E-state index contributed by atoms with van der Waals surface area (Å²) in [5, 5.41) is 2.73. The quantitative estimate of drug-likeness (QED) is 0.743. The number of methoxy groups -OCH3 is 1. The van der Waals surface area contributed by atoms with Crippen molar-refractivity contribution < 1.29 is 14.3 Å². The molecule has 0 aliphatic carbocycles. The van der Waals surface area contributed by atoms with Gasteiger partial charge in [0.25, 0.3) is 0 Å². The van der Waals surface area contributed by atoms with Crippen LogP contribution in [0.15, 0.2) is 61.2 Å². The Balaban J connectivity index is 1.75. The number of para-hydroxylation sites is 1. The van der Waals surface area contributed by atoms with Crippen LogP contribution >= 0.6 is 0 Å². The second kappa shape index (κ2) is 9.33. The molecule has 0 radical (unpaired) electrons. The van der Waals surface area contributed by atoms with E-state index in [4.69, 9.17) is 4.74 Å². The molecular formula is C23H26N2O3. The van der Waals surface area contributed by atoms with Crippen molar-refractivity contribution in [2.24, 2.45) is 0 Å². The van der Waals surface area contributed by atoms with Gasteiger partial charge in [-0.3, -0.25) is 9.59 Å². The SMILES string of the molecule is C=CC(=O)Nc1cccc(CC(=O)N2CCC(CCOC)c3ccccc32)c1. The van der Waals surface area contributed by atoms with Crippen LogP contribution in [-0.2, 0) is 20.7 Å². The number of carbonyl (C=O) groups excluding carboxylic acids is 2. The minimum absolute atomic E-state index is 0.0600. The van der Waals surface area contributed by atoms with E-state index in [0.717, 1.165) is 30.7 Å². The third kappa shape index (κ3) is 4.67. The first kappa shape index (κ1) is 19.8. The molecule has 1 aliphatic rings. The normalized spacial score (nSPS) is 15.6. The van der Waals surface area contributed by atoms with Crippen LogP contribution in [0.25, 0.3) is 0 Å². The van der Waals surface area contributed by atoms with Crippen molar-refractivity contribution in [3.8, 4) is 0 Å². The molecule has 0 saturated heterocycles. The topological polar surface area (TPSA) is 58.6 Å². The summed E-state index contributed by atoms with van der Waals surface area (Å²) in [7, 11) is 1.72. The van der Waals surface area contributed by atoms with E-state index in [-0.39, 0.29) is 18.2 Å². The Labute approximate surface area is 166 Å². The van der Waals surface area contributed by atoms with Crippen LogP contribution in [0.1, 0.15) is 29.9 Å². The molecule has 2 aromatic carbocycles. The molecule has 0 aromatic heterocycles. The number of anilines is 2. The Morgan fingerprint density at radius 3 is 2.86 bits per heavy atom. The minimum atomic E-state index is -0.268. The van der Waals surface area contributed by atoms with E-state index in [1.807, 2.05) is 41.3 Å². The summed E-state index contributed by atoms with van der Waals surface area (Å²) >= 11 is 0. The van der Waals surface area contributed by atoms with Gasteiger partial charge in [-0.2, -0.15) is 0 Å². The average Bonchev–Trinajstić information content (AvgIpc) is 2.72. The van der Waals surface area contributed by atoms with E-state index < -0.39 is 0 Å². The number of nitrogens with one attached hydrogen (secondary N) is 1. The van der Waals surface area contributed by atoms with Crippen molar-refractivity contribution in [1.82, 2.24) is 0 Å². The largest absolute Gasteiger partial charge is 0.385 e. The second-order valence-electron chi connectivity index (χ2n) is 6.94. The van der Waals surface area contributed by atoms with Gasteiger partial charge in [0.2, 0.25) is 11.8 Å². The molecule has 146 valence electrons. The highest BCUT2D eigenvalue weighted by atomic mass is 16.5. The first-order valence-corrected chi connectivity index (χ1v) is 9.53. The lowest BCUT2D eigenvalue weighted by molar-refractivity contribution is -0.118. The Bertz CT molecular complexity index is 862. The molecule has 1 aliphatic heterocycles. The number of fused-ring (bicyclic) bond motifs is 1. The van der Waals surface area contributed by atoms with Gasteiger partial charge in [0.15, 0.2) is 0 Å². The third-order valence-electron chi connectivity index (χ3n) is 5.08. The van der Waals surface area contributed by atoms with Crippen molar-refractivity contribution in [2.45, 2.75) is 25.2 Å². The van der Waals surface area contributed by atoms with Crippen LogP contribution in [0.2, 0.25) is 0 Å². The van der Waals surface area contributed by atoms with Crippen molar-refractivity contribution >= 4 is 23.2 Å². The summed E-state index contributed by atoms with van der Waals surface area (Å²) in [4.78, 5) is 26.4. The summed E-state index contributed by atoms with van der Waals surface area (Å²) in [6.45, 7) is 4.88. The van der Waals surface area contributed by atoms with E-state index in [2.05, 4.69) is 18.0 Å². The fraction of sp³-hybridized carbons (Fsp3) is 0.304. The summed E-state index contributed by atoms with van der Waals surface area (Å²) in [5.41, 5.74) is 3.74. The predicted molar refractivity (Wildman–Crippen MR) is 112 cm³/mol. The van der Waals surface area contributed by atoms with Crippen LogP contribution in [-0.4, -0.2) is 32.1 Å². The van der Waals surface area contributed by atoms with Crippen molar-refractivity contribution in [1.29, 1.82) is 0 Å². The number of amides is 2. The van der Waals surface area contributed by atoms with Gasteiger partial charge in [0, 0.05) is 31.6 Å². The van der Waals surface area contributed by atoms with Gasteiger partial charge < -0.3 is 15.0 Å². The van der Waals surface area contributed by atoms with Crippen LogP contribution in [0.5, 0.6) is 0 Å². The van der Waals surface area contributed by atoms with Crippen LogP contribution < -0.4 is 10.2 Å². The molecule has 0 spiro atoms. The van der Waals surface area contributed by atoms with Gasteiger partial charge in [-0.25, -0.2) is 0 Å². The highest BCUT2D eigenvalue weighted by Crippen LogP contribution is 2.37. The summed E-state index contributed by atoms with van der Waals surface area (Å²) in [5.74, 6) is 0.206. The van der Waals surface area contributed by atoms with Gasteiger partial charge >= 0.3 is 0 Å². The highest BCUT2D eigenvalue weighted by Gasteiger charge is 2.28. The van der Waals surface area contributed by atoms with E-state index in [1.165, 1.54) is 11.6 Å². The van der Waals surface area contributed by atoms with Crippen LogP contribution in [0, 0.1) is 0 Å². The van der Waals surface area contributed by atoms with Gasteiger partial charge in [-0.1, -0.05) is 36.9 Å². The molecule has 0 bridgehead atoms. The Kier molecular flexibility index (Phi) is 6.61. The van der Waals surface area contributed by atoms with E-state index >= 15 is 0 Å². The fourth-order valence-electron chi connectivity index (χ4n) is 3.68. The number of nitrogens with zero attached hydrogens (tertiary/aromatic N) is 1. The monoisotopic (exact) mass is 378 g/mol. The van der Waals surface area contributed by atoms with E-state index in [0.29, 0.717) is 18.2 Å². The average molecular weight is 378 g/mol. The van der Waals surface area contributed by atoms with Crippen molar-refractivity contribution in [2.75, 3.05) is 30.5 Å². The Morgan fingerprint density at radius 1 is 1.25 bits per heavy atom. The molecule has 2 amide bonds. The number of hydrogen-bond acceptors (Lipinski definition) is 3. The molecule has 1 unspecified atom stereocenters. The lowest BCUT2D eigenvalue weighted by atomic mass is 9.87. The number of rotatable bonds is 7. The lowest BCUT2D eigenvalue weighted by Gasteiger charge is -2.34. The Morgan fingerprint density at radius 2 is 2.07 bits per heavy atom. The molecule has 0 fully saturated rings. The first-order chi connectivity index (χ1) is 13.6. The zero-order valence-electron chi connectivity index (χ0n) is 16.2. The van der Waals surface area contributed by atoms with Crippen molar-refractivity contribution in [3.05, 3.63) is 72.3 Å². The predicted octanol–water partition coefficient (Wildman–Crippen LogP) is 3.91. The molecule has 0 saturated carbocycles. The molecule has 2 aromatic rings. The second-order valence-corrected chi connectivity index (χ2v) is 6.94. The van der Waals surface area contributed by atoms with Gasteiger partial charge in [0.05, 0.1) is 6.42 Å².